The molecule has 176 valence electrons. The summed E-state index contributed by atoms with van der Waals surface area (Å²) in [5.41, 5.74) is 6.09. The van der Waals surface area contributed by atoms with Gasteiger partial charge in [-0.2, -0.15) is 4.79 Å². The van der Waals surface area contributed by atoms with Crippen molar-refractivity contribution < 1.29 is 28.8 Å². The van der Waals surface area contributed by atoms with Crippen LogP contribution in [0.2, 0.25) is 0 Å². The summed E-state index contributed by atoms with van der Waals surface area (Å²) in [4.78, 5) is 52.1. The number of amides is 3. The number of nitrogens with zero attached hydrogens (tertiary/aromatic N) is 4. The van der Waals surface area contributed by atoms with Crippen molar-refractivity contribution in [3.8, 4) is 22.6 Å². The maximum absolute atomic E-state index is 13.2. The smallest absolute Gasteiger partial charge is 0.425 e. The van der Waals surface area contributed by atoms with Gasteiger partial charge in [0.1, 0.15) is 5.69 Å². The fourth-order valence-corrected chi connectivity index (χ4v) is 3.18. The number of pyridine rings is 1. The Labute approximate surface area is 195 Å². The van der Waals surface area contributed by atoms with Gasteiger partial charge < -0.3 is 9.52 Å². The number of rotatable bonds is 6. The molecule has 3 aromatic heterocycles. The number of hydrazine groups is 1. The topological polar surface area (TPSA) is 195 Å². The van der Waals surface area contributed by atoms with E-state index in [1.807, 2.05) is 5.43 Å². The molecule has 0 aliphatic rings. The first-order valence-electron chi connectivity index (χ1n) is 9.77. The number of carboxylic acid groups (broad SMARTS) is 1. The maximum Gasteiger partial charge on any atom is 0.425 e. The summed E-state index contributed by atoms with van der Waals surface area (Å²) in [7, 11) is 0. The molecule has 3 heterocycles. The first-order chi connectivity index (χ1) is 16.8. The van der Waals surface area contributed by atoms with Crippen LogP contribution in [0.1, 0.15) is 20.8 Å². The lowest BCUT2D eigenvalue weighted by molar-refractivity contribution is -0.384. The van der Waals surface area contributed by atoms with Gasteiger partial charge in [-0.1, -0.05) is 12.1 Å². The molecule has 0 aliphatic carbocycles. The minimum absolute atomic E-state index is 0.0190. The highest BCUT2D eigenvalue weighted by Gasteiger charge is 2.29. The minimum Gasteiger partial charge on any atom is -0.464 e. The Balaban J connectivity index is 1.81. The van der Waals surface area contributed by atoms with Crippen molar-refractivity contribution in [3.63, 3.8) is 0 Å². The molecule has 0 spiro atoms. The summed E-state index contributed by atoms with van der Waals surface area (Å²) in [6.45, 7) is 0. The lowest BCUT2D eigenvalue weighted by Crippen LogP contribution is -2.43. The van der Waals surface area contributed by atoms with Crippen molar-refractivity contribution in [2.45, 2.75) is 0 Å². The molecule has 4 N–H and O–H groups in total. The Morgan fingerprint density at radius 1 is 1.06 bits per heavy atom. The molecule has 3 amide bonds. The van der Waals surface area contributed by atoms with Crippen molar-refractivity contribution in [2.75, 3.05) is 5.43 Å². The third-order valence-electron chi connectivity index (χ3n) is 4.62. The second kappa shape index (κ2) is 9.53. The van der Waals surface area contributed by atoms with Crippen LogP contribution in [0, 0.1) is 10.1 Å². The Morgan fingerprint density at radius 2 is 1.86 bits per heavy atom. The SMILES string of the molecule is O=C(O)Nn1nc(-c2ccco2)c(-c2cccc([N+](=O)[O-])c2)c1C(=O)NNC(=O)c1cccnc1. The summed E-state index contributed by atoms with van der Waals surface area (Å²) in [5, 5.41) is 24.7. The molecule has 35 heavy (non-hydrogen) atoms. The third-order valence-corrected chi connectivity index (χ3v) is 4.62. The third kappa shape index (κ3) is 4.80. The number of carbonyl (C=O) groups excluding carboxylic acids is 2. The van der Waals surface area contributed by atoms with Crippen LogP contribution in [-0.4, -0.2) is 42.8 Å². The number of non-ortho nitro benzene ring substituents is 1. The zero-order valence-electron chi connectivity index (χ0n) is 17.5. The first-order valence-corrected chi connectivity index (χ1v) is 9.77. The molecule has 0 atom stereocenters. The number of furan rings is 1. The molecule has 0 bridgehead atoms. The van der Waals surface area contributed by atoms with Crippen molar-refractivity contribution in [1.82, 2.24) is 25.7 Å². The molecule has 0 aliphatic heterocycles. The van der Waals surface area contributed by atoms with Gasteiger partial charge >= 0.3 is 6.09 Å². The van der Waals surface area contributed by atoms with Gasteiger partial charge in [-0.05, 0) is 29.8 Å². The average molecular weight is 477 g/mol. The average Bonchev–Trinajstić information content (AvgIpc) is 3.51. The second-order valence-corrected chi connectivity index (χ2v) is 6.84. The van der Waals surface area contributed by atoms with E-state index in [0.717, 1.165) is 0 Å². The predicted molar refractivity (Wildman–Crippen MR) is 119 cm³/mol. The van der Waals surface area contributed by atoms with Crippen LogP contribution in [0.3, 0.4) is 0 Å². The maximum atomic E-state index is 13.2. The van der Waals surface area contributed by atoms with Crippen LogP contribution in [0.25, 0.3) is 22.6 Å². The van der Waals surface area contributed by atoms with Crippen molar-refractivity contribution in [1.29, 1.82) is 0 Å². The van der Waals surface area contributed by atoms with Crippen LogP contribution in [0.15, 0.2) is 71.6 Å². The molecular weight excluding hydrogens is 462 g/mol. The molecule has 0 radical (unpaired) electrons. The van der Waals surface area contributed by atoms with Gasteiger partial charge in [0.05, 0.1) is 16.7 Å². The van der Waals surface area contributed by atoms with Crippen LogP contribution in [0.4, 0.5) is 10.5 Å². The molecular formula is C21H15N7O7. The first kappa shape index (κ1) is 22.7. The van der Waals surface area contributed by atoms with Crippen LogP contribution in [0.5, 0.6) is 0 Å². The quantitative estimate of drug-likeness (QED) is 0.238. The summed E-state index contributed by atoms with van der Waals surface area (Å²) in [6, 6.07) is 11.4. The Bertz CT molecular complexity index is 1420. The molecule has 14 nitrogen and oxygen atoms in total. The van der Waals surface area contributed by atoms with E-state index >= 15 is 0 Å². The lowest BCUT2D eigenvalue weighted by atomic mass is 10.0. The van der Waals surface area contributed by atoms with Gasteiger partial charge in [-0.15, -0.1) is 5.10 Å². The number of hydrogen-bond acceptors (Lipinski definition) is 8. The number of nitrogens with one attached hydrogen (secondary N) is 3. The molecule has 0 saturated heterocycles. The summed E-state index contributed by atoms with van der Waals surface area (Å²) in [6.07, 6.45) is 2.54. The number of aromatic nitrogens is 3. The van der Waals surface area contributed by atoms with Gasteiger partial charge in [0.25, 0.3) is 17.5 Å². The van der Waals surface area contributed by atoms with Crippen LogP contribution >= 0.6 is 0 Å². The van der Waals surface area contributed by atoms with Crippen molar-refractivity contribution in [2.24, 2.45) is 0 Å². The zero-order chi connectivity index (χ0) is 24.9. The van der Waals surface area contributed by atoms with Gasteiger partial charge in [0.15, 0.2) is 11.5 Å². The van der Waals surface area contributed by atoms with Crippen LogP contribution in [-0.2, 0) is 0 Å². The van der Waals surface area contributed by atoms with Crippen LogP contribution < -0.4 is 16.3 Å². The molecule has 4 rings (SSSR count). The number of nitro benzene ring substituents is 1. The number of carbonyl (C=O) groups is 3. The van der Waals surface area contributed by atoms with E-state index < -0.39 is 22.8 Å². The molecule has 4 aromatic rings. The number of nitro groups is 1. The molecule has 14 heteroatoms. The predicted octanol–water partition coefficient (Wildman–Crippen LogP) is 2.41. The van der Waals surface area contributed by atoms with E-state index in [0.29, 0.717) is 4.79 Å². The summed E-state index contributed by atoms with van der Waals surface area (Å²) in [5.74, 6) is -1.50. The van der Waals surface area contributed by atoms with Gasteiger partial charge in [0.2, 0.25) is 0 Å². The normalized spacial score (nSPS) is 10.4. The van der Waals surface area contributed by atoms with E-state index in [4.69, 9.17) is 4.42 Å². The van der Waals surface area contributed by atoms with E-state index in [9.17, 15) is 29.6 Å². The molecule has 1 aromatic carbocycles. The fourth-order valence-electron chi connectivity index (χ4n) is 3.18. The van der Waals surface area contributed by atoms with E-state index in [2.05, 4.69) is 20.9 Å². The molecule has 0 unspecified atom stereocenters. The van der Waals surface area contributed by atoms with Crippen molar-refractivity contribution in [3.05, 3.63) is 88.6 Å². The highest BCUT2D eigenvalue weighted by molar-refractivity contribution is 6.04. The molecule has 0 saturated carbocycles. The lowest BCUT2D eigenvalue weighted by Gasteiger charge is -2.11. The Kier molecular flexibility index (Phi) is 6.17. The Morgan fingerprint density at radius 3 is 2.51 bits per heavy atom. The number of benzene rings is 1. The largest absolute Gasteiger partial charge is 0.464 e. The molecule has 0 fully saturated rings. The highest BCUT2D eigenvalue weighted by Crippen LogP contribution is 2.36. The van der Waals surface area contributed by atoms with E-state index in [1.54, 1.807) is 6.07 Å². The Hall–Kier alpha value is -5.53. The second-order valence-electron chi connectivity index (χ2n) is 6.84. The monoisotopic (exact) mass is 477 g/mol. The van der Waals surface area contributed by atoms with E-state index in [-0.39, 0.29) is 39.5 Å². The fraction of sp³-hybridized carbons (Fsp3) is 0. The van der Waals surface area contributed by atoms with Gasteiger partial charge in [-0.25, -0.2) is 10.2 Å². The minimum atomic E-state index is -1.54. The summed E-state index contributed by atoms with van der Waals surface area (Å²) < 4.78 is 5.38. The standard InChI is InChI=1S/C21H15N7O7/c29-19(13-5-2-8-22-11-13)23-24-20(30)18-16(12-4-1-6-14(10-12)28(33)34)17(15-7-3-9-35-15)25-27(18)26-21(31)32/h1-11,26H,(H,23,29)(H,24,30)(H,31,32). The van der Waals surface area contributed by atoms with Gasteiger partial charge in [0, 0.05) is 30.1 Å². The van der Waals surface area contributed by atoms with Gasteiger partial charge in [-0.3, -0.25) is 35.5 Å². The van der Waals surface area contributed by atoms with Crippen molar-refractivity contribution >= 4 is 23.6 Å². The highest BCUT2D eigenvalue weighted by atomic mass is 16.6. The zero-order valence-corrected chi connectivity index (χ0v) is 17.5. The van der Waals surface area contributed by atoms with E-state index in [1.165, 1.54) is 61.1 Å². The summed E-state index contributed by atoms with van der Waals surface area (Å²) >= 11 is 0. The number of hydrogen-bond donors (Lipinski definition) is 4.